The Morgan fingerprint density at radius 3 is 2.58 bits per heavy atom. The number of amides is 2. The van der Waals surface area contributed by atoms with Gasteiger partial charge in [-0.2, -0.15) is 0 Å². The second kappa shape index (κ2) is 13.5. The predicted molar refractivity (Wildman–Crippen MR) is 114 cm³/mol. The predicted octanol–water partition coefficient (Wildman–Crippen LogP) is 0.137. The first-order valence-corrected chi connectivity index (χ1v) is 11.0. The van der Waals surface area contributed by atoms with Crippen LogP contribution in [0.25, 0.3) is 0 Å². The molecule has 31 heavy (non-hydrogen) atoms. The topological polar surface area (TPSA) is 140 Å². The first kappa shape index (κ1) is 27.1. The molecule has 3 atom stereocenters. The quantitative estimate of drug-likeness (QED) is 0.223. The van der Waals surface area contributed by atoms with Crippen molar-refractivity contribution in [2.45, 2.75) is 52.1 Å². The third-order valence-corrected chi connectivity index (χ3v) is 5.12. The zero-order valence-electron chi connectivity index (χ0n) is 18.3. The molecule has 2 unspecified atom stereocenters. The van der Waals surface area contributed by atoms with Crippen molar-refractivity contribution in [3.8, 4) is 0 Å². The lowest BCUT2D eigenvalue weighted by atomic mass is 9.85. The molecule has 1 aliphatic rings. The van der Waals surface area contributed by atoms with E-state index in [1.54, 1.807) is 6.92 Å². The van der Waals surface area contributed by atoms with Crippen LogP contribution >= 0.6 is 11.8 Å². The summed E-state index contributed by atoms with van der Waals surface area (Å²) < 4.78 is 15.6. The third-order valence-electron chi connectivity index (χ3n) is 4.29. The molecule has 11 heteroatoms. The minimum Gasteiger partial charge on any atom is -0.466 e. The lowest BCUT2D eigenvalue weighted by Crippen LogP contribution is -2.54. The van der Waals surface area contributed by atoms with Crippen molar-refractivity contribution >= 4 is 34.7 Å². The summed E-state index contributed by atoms with van der Waals surface area (Å²) in [4.78, 5) is 46.8. The molecule has 0 spiro atoms. The number of nitrogens with one attached hydrogen (secondary N) is 2. The number of rotatable bonds is 11. The van der Waals surface area contributed by atoms with Crippen LogP contribution in [0.4, 0.5) is 0 Å². The SMILES string of the molecule is COC(=O)/C=C/C(=O)SCCNC(=O)CCNC(=O)[C@@H]1OC(CC(C)O)OCC1(C)C. The molecule has 0 aliphatic carbocycles. The van der Waals surface area contributed by atoms with E-state index in [2.05, 4.69) is 15.4 Å². The Kier molecular flexibility index (Phi) is 11.8. The summed E-state index contributed by atoms with van der Waals surface area (Å²) in [6.45, 7) is 6.04. The van der Waals surface area contributed by atoms with Crippen molar-refractivity contribution in [2.75, 3.05) is 32.6 Å². The van der Waals surface area contributed by atoms with E-state index in [4.69, 9.17) is 9.47 Å². The number of thioether (sulfide) groups is 1. The van der Waals surface area contributed by atoms with Crippen molar-refractivity contribution in [3.05, 3.63) is 12.2 Å². The van der Waals surface area contributed by atoms with Gasteiger partial charge in [-0.25, -0.2) is 4.79 Å². The number of hydrogen-bond acceptors (Lipinski definition) is 9. The highest BCUT2D eigenvalue weighted by atomic mass is 32.2. The molecule has 176 valence electrons. The van der Waals surface area contributed by atoms with Gasteiger partial charge in [0.25, 0.3) is 0 Å². The highest BCUT2D eigenvalue weighted by molar-refractivity contribution is 8.14. The first-order chi connectivity index (χ1) is 14.5. The van der Waals surface area contributed by atoms with Crippen molar-refractivity contribution in [3.63, 3.8) is 0 Å². The molecule has 3 N–H and O–H groups in total. The number of carbonyl (C=O) groups is 4. The standard InChI is InChI=1S/C20H32N2O8S/c1-13(23)11-17-29-12-20(2,3)18(30-17)19(27)22-8-7-14(24)21-9-10-31-16(26)6-5-15(25)28-4/h5-6,13,17-18,23H,7-12H2,1-4H3,(H,21,24)(H,22,27)/b6-5+/t13?,17?,18-/m0/s1. The summed E-state index contributed by atoms with van der Waals surface area (Å²) in [5.74, 6) is -0.873. The van der Waals surface area contributed by atoms with Gasteiger partial charge in [-0.15, -0.1) is 0 Å². The molecule has 1 saturated heterocycles. The molecule has 0 saturated carbocycles. The molecule has 1 rings (SSSR count). The number of carbonyl (C=O) groups excluding carboxylic acids is 4. The van der Waals surface area contributed by atoms with Gasteiger partial charge < -0.3 is 30.0 Å². The Balaban J connectivity index is 2.28. The maximum Gasteiger partial charge on any atom is 0.330 e. The van der Waals surface area contributed by atoms with E-state index in [9.17, 15) is 24.3 Å². The van der Waals surface area contributed by atoms with E-state index in [1.807, 2.05) is 13.8 Å². The van der Waals surface area contributed by atoms with Gasteiger partial charge in [0.05, 0.1) is 19.8 Å². The van der Waals surface area contributed by atoms with Gasteiger partial charge in [0.2, 0.25) is 16.9 Å². The maximum absolute atomic E-state index is 12.5. The second-order valence-corrected chi connectivity index (χ2v) is 8.84. The lowest BCUT2D eigenvalue weighted by Gasteiger charge is -2.41. The lowest BCUT2D eigenvalue weighted by molar-refractivity contribution is -0.260. The largest absolute Gasteiger partial charge is 0.466 e. The van der Waals surface area contributed by atoms with Gasteiger partial charge in [0.15, 0.2) is 6.29 Å². The highest BCUT2D eigenvalue weighted by Gasteiger charge is 2.42. The molecule has 0 bridgehead atoms. The van der Waals surface area contributed by atoms with Crippen LogP contribution in [0, 0.1) is 5.41 Å². The number of methoxy groups -OCH3 is 1. The van der Waals surface area contributed by atoms with Crippen LogP contribution in [0.15, 0.2) is 12.2 Å². The van der Waals surface area contributed by atoms with Crippen molar-refractivity contribution in [2.24, 2.45) is 5.41 Å². The Morgan fingerprint density at radius 2 is 1.94 bits per heavy atom. The van der Waals surface area contributed by atoms with Crippen molar-refractivity contribution in [1.29, 1.82) is 0 Å². The third kappa shape index (κ3) is 10.8. The molecule has 0 aromatic rings. The zero-order valence-corrected chi connectivity index (χ0v) is 19.2. The smallest absolute Gasteiger partial charge is 0.330 e. The van der Waals surface area contributed by atoms with E-state index in [0.29, 0.717) is 12.4 Å². The van der Waals surface area contributed by atoms with E-state index in [-0.39, 0.29) is 42.9 Å². The van der Waals surface area contributed by atoms with Crippen LogP contribution in [0.1, 0.15) is 33.6 Å². The Hall–Kier alpha value is -1.95. The van der Waals surface area contributed by atoms with Crippen LogP contribution in [0.3, 0.4) is 0 Å². The van der Waals surface area contributed by atoms with Gasteiger partial charge in [-0.05, 0) is 13.0 Å². The normalized spacial score (nSPS) is 21.3. The van der Waals surface area contributed by atoms with E-state index in [1.165, 1.54) is 7.11 Å². The molecule has 2 amide bonds. The number of aliphatic hydroxyl groups excluding tert-OH is 1. The number of ether oxygens (including phenoxy) is 3. The first-order valence-electron chi connectivity index (χ1n) is 9.97. The van der Waals surface area contributed by atoms with Gasteiger partial charge in [-0.1, -0.05) is 25.6 Å². The fourth-order valence-corrected chi connectivity index (χ4v) is 3.22. The second-order valence-electron chi connectivity index (χ2n) is 7.74. The zero-order chi connectivity index (χ0) is 23.4. The average Bonchev–Trinajstić information content (AvgIpc) is 2.70. The molecule has 1 aliphatic heterocycles. The Labute approximate surface area is 186 Å². The number of aliphatic hydroxyl groups is 1. The molecule has 10 nitrogen and oxygen atoms in total. The van der Waals surface area contributed by atoms with Gasteiger partial charge in [0.1, 0.15) is 6.10 Å². The van der Waals surface area contributed by atoms with Gasteiger partial charge in [-0.3, -0.25) is 14.4 Å². The van der Waals surface area contributed by atoms with E-state index in [0.717, 1.165) is 23.9 Å². The monoisotopic (exact) mass is 460 g/mol. The number of esters is 1. The van der Waals surface area contributed by atoms with Crippen molar-refractivity contribution < 1.29 is 38.5 Å². The molecule has 1 fully saturated rings. The Bertz CT molecular complexity index is 666. The molecular formula is C20H32N2O8S. The van der Waals surface area contributed by atoms with Crippen LogP contribution < -0.4 is 10.6 Å². The van der Waals surface area contributed by atoms with Crippen LogP contribution in [-0.4, -0.2) is 79.1 Å². The van der Waals surface area contributed by atoms with E-state index >= 15 is 0 Å². The summed E-state index contributed by atoms with van der Waals surface area (Å²) in [6, 6.07) is 0. The maximum atomic E-state index is 12.5. The summed E-state index contributed by atoms with van der Waals surface area (Å²) in [7, 11) is 1.22. The molecule has 1 heterocycles. The van der Waals surface area contributed by atoms with Crippen LogP contribution in [0.2, 0.25) is 0 Å². The molecule has 0 aromatic heterocycles. The van der Waals surface area contributed by atoms with Gasteiger partial charge in [0, 0.05) is 43.2 Å². The molecular weight excluding hydrogens is 428 g/mol. The van der Waals surface area contributed by atoms with Crippen molar-refractivity contribution in [1.82, 2.24) is 10.6 Å². The van der Waals surface area contributed by atoms with Crippen LogP contribution in [-0.2, 0) is 33.4 Å². The van der Waals surface area contributed by atoms with E-state index < -0.39 is 29.9 Å². The fraction of sp³-hybridized carbons (Fsp3) is 0.700. The average molecular weight is 461 g/mol. The summed E-state index contributed by atoms with van der Waals surface area (Å²) in [5, 5.41) is 14.5. The Morgan fingerprint density at radius 1 is 1.23 bits per heavy atom. The molecule has 0 aromatic carbocycles. The minimum atomic E-state index is -0.756. The summed E-state index contributed by atoms with van der Waals surface area (Å²) >= 11 is 0.958. The fourth-order valence-electron chi connectivity index (χ4n) is 2.65. The minimum absolute atomic E-state index is 0.0767. The summed E-state index contributed by atoms with van der Waals surface area (Å²) in [6.07, 6.45) is 0.458. The van der Waals surface area contributed by atoms with Crippen LogP contribution in [0.5, 0.6) is 0 Å². The summed E-state index contributed by atoms with van der Waals surface area (Å²) in [5.41, 5.74) is -0.548. The molecule has 0 radical (unpaired) electrons. The number of hydrogen-bond donors (Lipinski definition) is 3. The highest BCUT2D eigenvalue weighted by Crippen LogP contribution is 2.31. The van der Waals surface area contributed by atoms with Gasteiger partial charge >= 0.3 is 5.97 Å².